The van der Waals surface area contributed by atoms with E-state index in [0.717, 1.165) is 11.3 Å². The number of carbonyl (C=O) groups is 1. The average molecular weight is 293 g/mol. The average Bonchev–Trinajstić information content (AvgIpc) is 2.43. The number of hydrogen-bond acceptors (Lipinski definition) is 4. The first kappa shape index (κ1) is 17.5. The van der Waals surface area contributed by atoms with E-state index in [4.69, 9.17) is 9.47 Å². The SMILES string of the molecule is CCNC(C)(CC(C)Oc1cccc(C)c1C)C(=O)OC. The molecule has 0 heterocycles. The van der Waals surface area contributed by atoms with Gasteiger partial charge in [-0.3, -0.25) is 4.79 Å². The Morgan fingerprint density at radius 3 is 2.62 bits per heavy atom. The molecule has 118 valence electrons. The van der Waals surface area contributed by atoms with Gasteiger partial charge in [0.1, 0.15) is 11.3 Å². The summed E-state index contributed by atoms with van der Waals surface area (Å²) in [5.41, 5.74) is 1.59. The first-order valence-corrected chi connectivity index (χ1v) is 7.40. The fourth-order valence-electron chi connectivity index (χ4n) is 2.53. The summed E-state index contributed by atoms with van der Waals surface area (Å²) in [5, 5.41) is 3.20. The number of hydrogen-bond donors (Lipinski definition) is 1. The first-order valence-electron chi connectivity index (χ1n) is 7.40. The number of nitrogens with one attached hydrogen (secondary N) is 1. The molecule has 0 saturated carbocycles. The Kier molecular flexibility index (Phi) is 6.21. The highest BCUT2D eigenvalue weighted by Gasteiger charge is 2.35. The van der Waals surface area contributed by atoms with Gasteiger partial charge in [-0.1, -0.05) is 19.1 Å². The van der Waals surface area contributed by atoms with Crippen molar-refractivity contribution >= 4 is 5.97 Å². The van der Waals surface area contributed by atoms with Crippen molar-refractivity contribution in [2.45, 2.75) is 52.7 Å². The number of ether oxygens (including phenoxy) is 2. The van der Waals surface area contributed by atoms with Crippen LogP contribution in [0.15, 0.2) is 18.2 Å². The Labute approximate surface area is 127 Å². The van der Waals surface area contributed by atoms with Crippen molar-refractivity contribution in [3.63, 3.8) is 0 Å². The molecule has 0 bridgehead atoms. The van der Waals surface area contributed by atoms with Crippen LogP contribution in [0.5, 0.6) is 5.75 Å². The van der Waals surface area contributed by atoms with Crippen LogP contribution in [0, 0.1) is 13.8 Å². The van der Waals surface area contributed by atoms with E-state index in [1.54, 1.807) is 0 Å². The Hall–Kier alpha value is -1.55. The highest BCUT2D eigenvalue weighted by molar-refractivity contribution is 5.80. The van der Waals surface area contributed by atoms with E-state index in [-0.39, 0.29) is 12.1 Å². The van der Waals surface area contributed by atoms with Gasteiger partial charge in [0.25, 0.3) is 0 Å². The molecular weight excluding hydrogens is 266 g/mol. The van der Waals surface area contributed by atoms with Crippen LogP contribution in [0.4, 0.5) is 0 Å². The van der Waals surface area contributed by atoms with Gasteiger partial charge in [0.15, 0.2) is 0 Å². The molecule has 2 atom stereocenters. The van der Waals surface area contributed by atoms with E-state index >= 15 is 0 Å². The molecule has 4 nitrogen and oxygen atoms in total. The van der Waals surface area contributed by atoms with E-state index < -0.39 is 5.54 Å². The molecule has 0 radical (unpaired) electrons. The first-order chi connectivity index (χ1) is 9.84. The molecule has 4 heteroatoms. The smallest absolute Gasteiger partial charge is 0.325 e. The second-order valence-electron chi connectivity index (χ2n) is 5.68. The quantitative estimate of drug-likeness (QED) is 0.785. The lowest BCUT2D eigenvalue weighted by Crippen LogP contribution is -2.52. The monoisotopic (exact) mass is 293 g/mol. The van der Waals surface area contributed by atoms with Crippen LogP contribution in [0.25, 0.3) is 0 Å². The lowest BCUT2D eigenvalue weighted by atomic mass is 9.94. The number of methoxy groups -OCH3 is 1. The zero-order valence-electron chi connectivity index (χ0n) is 13.9. The Morgan fingerprint density at radius 1 is 1.38 bits per heavy atom. The highest BCUT2D eigenvalue weighted by Crippen LogP contribution is 2.24. The summed E-state index contributed by atoms with van der Waals surface area (Å²) < 4.78 is 10.9. The van der Waals surface area contributed by atoms with Gasteiger partial charge in [0.05, 0.1) is 13.2 Å². The van der Waals surface area contributed by atoms with Gasteiger partial charge < -0.3 is 14.8 Å². The second-order valence-corrected chi connectivity index (χ2v) is 5.68. The number of rotatable bonds is 7. The fourth-order valence-corrected chi connectivity index (χ4v) is 2.53. The van der Waals surface area contributed by atoms with Crippen LogP contribution in [0.1, 0.15) is 38.3 Å². The topological polar surface area (TPSA) is 47.6 Å². The summed E-state index contributed by atoms with van der Waals surface area (Å²) >= 11 is 0. The molecule has 0 spiro atoms. The third-order valence-corrected chi connectivity index (χ3v) is 3.78. The van der Waals surface area contributed by atoms with Crippen molar-refractivity contribution in [3.8, 4) is 5.75 Å². The molecular formula is C17H27NO3. The molecule has 2 unspecified atom stereocenters. The van der Waals surface area contributed by atoms with Crippen molar-refractivity contribution in [1.29, 1.82) is 0 Å². The predicted molar refractivity (Wildman–Crippen MR) is 84.7 cm³/mol. The minimum absolute atomic E-state index is 0.103. The van der Waals surface area contributed by atoms with Crippen LogP contribution in [0.2, 0.25) is 0 Å². The van der Waals surface area contributed by atoms with Crippen molar-refractivity contribution < 1.29 is 14.3 Å². The second kappa shape index (κ2) is 7.46. The molecule has 0 aliphatic rings. The van der Waals surface area contributed by atoms with Crippen molar-refractivity contribution in [1.82, 2.24) is 5.32 Å². The molecule has 0 saturated heterocycles. The maximum absolute atomic E-state index is 12.0. The normalized spacial score (nSPS) is 15.1. The molecule has 0 aromatic heterocycles. The molecule has 0 aliphatic heterocycles. The van der Waals surface area contributed by atoms with Crippen molar-refractivity contribution in [3.05, 3.63) is 29.3 Å². The number of carbonyl (C=O) groups excluding carboxylic acids is 1. The van der Waals surface area contributed by atoms with Gasteiger partial charge in [-0.05, 0) is 51.4 Å². The van der Waals surface area contributed by atoms with E-state index in [0.29, 0.717) is 13.0 Å². The largest absolute Gasteiger partial charge is 0.490 e. The van der Waals surface area contributed by atoms with Gasteiger partial charge in [0.2, 0.25) is 0 Å². The van der Waals surface area contributed by atoms with Gasteiger partial charge in [0, 0.05) is 6.42 Å². The minimum atomic E-state index is -0.735. The lowest BCUT2D eigenvalue weighted by Gasteiger charge is -2.30. The number of likely N-dealkylation sites (N-methyl/N-ethyl adjacent to an activating group) is 1. The zero-order valence-corrected chi connectivity index (χ0v) is 13.9. The lowest BCUT2D eigenvalue weighted by molar-refractivity contribution is -0.149. The Balaban J connectivity index is 2.81. The van der Waals surface area contributed by atoms with Gasteiger partial charge in [-0.15, -0.1) is 0 Å². The maximum atomic E-state index is 12.0. The Morgan fingerprint density at radius 2 is 2.05 bits per heavy atom. The summed E-state index contributed by atoms with van der Waals surface area (Å²) in [6.45, 7) is 10.6. The molecule has 1 rings (SSSR count). The van der Waals surface area contributed by atoms with Gasteiger partial charge in [-0.2, -0.15) is 0 Å². The molecule has 1 aromatic rings. The van der Waals surface area contributed by atoms with Crippen molar-refractivity contribution in [2.24, 2.45) is 0 Å². The molecule has 21 heavy (non-hydrogen) atoms. The molecule has 0 fully saturated rings. The van der Waals surface area contributed by atoms with Crippen LogP contribution < -0.4 is 10.1 Å². The number of esters is 1. The fraction of sp³-hybridized carbons (Fsp3) is 0.588. The number of aryl methyl sites for hydroxylation is 1. The third-order valence-electron chi connectivity index (χ3n) is 3.78. The van der Waals surface area contributed by atoms with Crippen molar-refractivity contribution in [2.75, 3.05) is 13.7 Å². The minimum Gasteiger partial charge on any atom is -0.490 e. The highest BCUT2D eigenvalue weighted by atomic mass is 16.5. The molecule has 1 N–H and O–H groups in total. The molecule has 1 aromatic carbocycles. The van der Waals surface area contributed by atoms with Gasteiger partial charge >= 0.3 is 5.97 Å². The van der Waals surface area contributed by atoms with E-state index in [2.05, 4.69) is 18.3 Å². The summed E-state index contributed by atoms with van der Waals surface area (Å²) in [5.74, 6) is 0.604. The van der Waals surface area contributed by atoms with Crippen LogP contribution >= 0.6 is 0 Å². The summed E-state index contributed by atoms with van der Waals surface area (Å²) in [6.07, 6.45) is 0.439. The Bertz CT molecular complexity index is 487. The maximum Gasteiger partial charge on any atom is 0.325 e. The van der Waals surface area contributed by atoms with E-state index in [9.17, 15) is 4.79 Å². The standard InChI is InChI=1S/C17H27NO3/c1-7-18-17(5,16(19)20-6)11-13(3)21-15-10-8-9-12(2)14(15)4/h8-10,13,18H,7,11H2,1-6H3. The van der Waals surface area contributed by atoms with Crippen LogP contribution in [0.3, 0.4) is 0 Å². The third kappa shape index (κ3) is 4.46. The number of benzene rings is 1. The zero-order chi connectivity index (χ0) is 16.0. The summed E-state index contributed by atoms with van der Waals surface area (Å²) in [6, 6.07) is 6.00. The van der Waals surface area contributed by atoms with Crippen LogP contribution in [-0.2, 0) is 9.53 Å². The molecule has 0 aliphatic carbocycles. The predicted octanol–water partition coefficient (Wildman–Crippen LogP) is 3.00. The molecule has 0 amide bonds. The van der Waals surface area contributed by atoms with Gasteiger partial charge in [-0.25, -0.2) is 0 Å². The summed E-state index contributed by atoms with van der Waals surface area (Å²) in [7, 11) is 1.41. The van der Waals surface area contributed by atoms with E-state index in [1.165, 1.54) is 12.7 Å². The summed E-state index contributed by atoms with van der Waals surface area (Å²) in [4.78, 5) is 12.0. The van der Waals surface area contributed by atoms with E-state index in [1.807, 2.05) is 39.8 Å². The van der Waals surface area contributed by atoms with Crippen LogP contribution in [-0.4, -0.2) is 31.3 Å².